The van der Waals surface area contributed by atoms with Gasteiger partial charge in [0.25, 0.3) is 0 Å². The zero-order valence-electron chi connectivity index (χ0n) is 19.1. The molecule has 0 aromatic heterocycles. The van der Waals surface area contributed by atoms with E-state index in [1.165, 1.54) is 0 Å². The molecule has 1 saturated heterocycles. The summed E-state index contributed by atoms with van der Waals surface area (Å²) in [4.78, 5) is 0. The standard InChI is InChI=1S/C28H32O6/c29-16-24-26(31-18-21-10-4-1-5-11-21)28(33-20-23-14-8-3-9-15-23)27(25(17-30)34-24)32-19-22-12-6-2-7-13-22/h1-15,24-30H,16-20H2/t24-,25+,26-,27-,28?/m1/s1. The Bertz CT molecular complexity index is 895. The second-order valence-electron chi connectivity index (χ2n) is 8.36. The largest absolute Gasteiger partial charge is 0.394 e. The van der Waals surface area contributed by atoms with Gasteiger partial charge in [-0.25, -0.2) is 0 Å². The highest BCUT2D eigenvalue weighted by Gasteiger charge is 2.47. The molecule has 0 aliphatic carbocycles. The quantitative estimate of drug-likeness (QED) is 0.452. The molecule has 0 saturated carbocycles. The van der Waals surface area contributed by atoms with Crippen molar-refractivity contribution in [2.24, 2.45) is 0 Å². The summed E-state index contributed by atoms with van der Waals surface area (Å²) >= 11 is 0. The molecule has 1 aliphatic rings. The van der Waals surface area contributed by atoms with E-state index >= 15 is 0 Å². The van der Waals surface area contributed by atoms with Crippen LogP contribution in [0.5, 0.6) is 0 Å². The summed E-state index contributed by atoms with van der Waals surface area (Å²) in [6.07, 6.45) is -3.04. The van der Waals surface area contributed by atoms with Crippen molar-refractivity contribution in [2.45, 2.75) is 50.3 Å². The molecule has 2 N–H and O–H groups in total. The monoisotopic (exact) mass is 464 g/mol. The van der Waals surface area contributed by atoms with Gasteiger partial charge in [-0.2, -0.15) is 0 Å². The lowest BCUT2D eigenvalue weighted by Gasteiger charge is -2.45. The van der Waals surface area contributed by atoms with Gasteiger partial charge in [-0.3, -0.25) is 0 Å². The number of hydrogen-bond acceptors (Lipinski definition) is 6. The van der Waals surface area contributed by atoms with Gasteiger partial charge in [-0.15, -0.1) is 0 Å². The van der Waals surface area contributed by atoms with E-state index in [4.69, 9.17) is 18.9 Å². The van der Waals surface area contributed by atoms with Crippen LogP contribution in [0.4, 0.5) is 0 Å². The molecule has 6 heteroatoms. The normalized spacial score (nSPS) is 24.7. The maximum absolute atomic E-state index is 10.1. The van der Waals surface area contributed by atoms with Crippen LogP contribution in [0, 0.1) is 0 Å². The fraction of sp³-hybridized carbons (Fsp3) is 0.357. The molecule has 1 unspecified atom stereocenters. The summed E-state index contributed by atoms with van der Waals surface area (Å²) in [7, 11) is 0. The van der Waals surface area contributed by atoms with Crippen LogP contribution in [-0.2, 0) is 38.8 Å². The van der Waals surface area contributed by atoms with Gasteiger partial charge in [0, 0.05) is 0 Å². The molecule has 5 atom stereocenters. The van der Waals surface area contributed by atoms with E-state index in [0.29, 0.717) is 19.8 Å². The fourth-order valence-electron chi connectivity index (χ4n) is 4.18. The van der Waals surface area contributed by atoms with E-state index in [1.54, 1.807) is 0 Å². The zero-order valence-corrected chi connectivity index (χ0v) is 19.1. The van der Waals surface area contributed by atoms with Crippen molar-refractivity contribution in [1.29, 1.82) is 0 Å². The molecule has 0 bridgehead atoms. The van der Waals surface area contributed by atoms with Crippen molar-refractivity contribution in [3.63, 3.8) is 0 Å². The first-order valence-corrected chi connectivity index (χ1v) is 11.6. The second kappa shape index (κ2) is 12.8. The number of aliphatic hydroxyl groups excluding tert-OH is 2. The average molecular weight is 465 g/mol. The lowest BCUT2D eigenvalue weighted by molar-refractivity contribution is -0.274. The van der Waals surface area contributed by atoms with Gasteiger partial charge in [0.1, 0.15) is 30.5 Å². The maximum atomic E-state index is 10.1. The summed E-state index contributed by atoms with van der Waals surface area (Å²) in [5.74, 6) is 0. The molecule has 0 radical (unpaired) electrons. The van der Waals surface area contributed by atoms with Gasteiger partial charge < -0.3 is 29.2 Å². The Labute approximate surface area is 200 Å². The zero-order chi connectivity index (χ0) is 23.6. The minimum atomic E-state index is -0.654. The van der Waals surface area contributed by atoms with Crippen LogP contribution in [0.15, 0.2) is 91.0 Å². The summed E-state index contributed by atoms with van der Waals surface area (Å²) in [6, 6.07) is 29.5. The van der Waals surface area contributed by atoms with Crippen molar-refractivity contribution in [2.75, 3.05) is 13.2 Å². The molecule has 34 heavy (non-hydrogen) atoms. The van der Waals surface area contributed by atoms with Gasteiger partial charge in [0.2, 0.25) is 0 Å². The van der Waals surface area contributed by atoms with E-state index < -0.39 is 30.5 Å². The minimum Gasteiger partial charge on any atom is -0.394 e. The Morgan fingerprint density at radius 2 is 0.824 bits per heavy atom. The highest BCUT2D eigenvalue weighted by Crippen LogP contribution is 2.30. The second-order valence-corrected chi connectivity index (χ2v) is 8.36. The molecule has 4 rings (SSSR count). The Balaban J connectivity index is 1.56. The van der Waals surface area contributed by atoms with Crippen LogP contribution in [0.2, 0.25) is 0 Å². The predicted octanol–water partition coefficient (Wildman–Crippen LogP) is 3.49. The first-order valence-electron chi connectivity index (χ1n) is 11.6. The molecular formula is C28H32O6. The van der Waals surface area contributed by atoms with Crippen LogP contribution in [0.25, 0.3) is 0 Å². The third kappa shape index (κ3) is 6.51. The minimum absolute atomic E-state index is 0.257. The molecule has 3 aromatic rings. The summed E-state index contributed by atoms with van der Waals surface area (Å²) in [6.45, 7) is 0.509. The number of rotatable bonds is 11. The van der Waals surface area contributed by atoms with Crippen molar-refractivity contribution in [3.05, 3.63) is 108 Å². The van der Waals surface area contributed by atoms with Crippen LogP contribution in [0.3, 0.4) is 0 Å². The Morgan fingerprint density at radius 1 is 0.500 bits per heavy atom. The van der Waals surface area contributed by atoms with E-state index in [1.807, 2.05) is 91.0 Å². The number of hydrogen-bond donors (Lipinski definition) is 2. The number of aliphatic hydroxyl groups is 2. The van der Waals surface area contributed by atoms with E-state index in [9.17, 15) is 10.2 Å². The fourth-order valence-corrected chi connectivity index (χ4v) is 4.18. The topological polar surface area (TPSA) is 77.4 Å². The van der Waals surface area contributed by atoms with Gasteiger partial charge in [0.15, 0.2) is 0 Å². The highest BCUT2D eigenvalue weighted by molar-refractivity contribution is 5.15. The summed E-state index contributed by atoms with van der Waals surface area (Å²) < 4.78 is 25.0. The van der Waals surface area contributed by atoms with E-state index in [2.05, 4.69) is 0 Å². The Morgan fingerprint density at radius 3 is 1.15 bits per heavy atom. The SMILES string of the molecule is OC[C@@H]1O[C@H](CO)[C@@H](OCc2ccccc2)C(OCc2ccccc2)[C@@H]1OCc1ccccc1. The maximum Gasteiger partial charge on any atom is 0.115 e. The Kier molecular flexibility index (Phi) is 9.21. The predicted molar refractivity (Wildman–Crippen MR) is 128 cm³/mol. The summed E-state index contributed by atoms with van der Waals surface area (Å²) in [5.41, 5.74) is 3.03. The smallest absolute Gasteiger partial charge is 0.115 e. The third-order valence-electron chi connectivity index (χ3n) is 5.95. The van der Waals surface area contributed by atoms with E-state index in [0.717, 1.165) is 16.7 Å². The van der Waals surface area contributed by atoms with Crippen molar-refractivity contribution >= 4 is 0 Å². The highest BCUT2D eigenvalue weighted by atomic mass is 16.6. The molecule has 180 valence electrons. The molecule has 0 amide bonds. The van der Waals surface area contributed by atoms with Crippen molar-refractivity contribution in [3.8, 4) is 0 Å². The van der Waals surface area contributed by atoms with Gasteiger partial charge in [0.05, 0.1) is 33.0 Å². The van der Waals surface area contributed by atoms with Gasteiger partial charge in [-0.05, 0) is 16.7 Å². The number of ether oxygens (including phenoxy) is 4. The first-order chi connectivity index (χ1) is 16.8. The van der Waals surface area contributed by atoms with Crippen LogP contribution in [-0.4, -0.2) is 53.9 Å². The van der Waals surface area contributed by atoms with Crippen molar-refractivity contribution in [1.82, 2.24) is 0 Å². The molecule has 1 heterocycles. The van der Waals surface area contributed by atoms with Crippen LogP contribution < -0.4 is 0 Å². The van der Waals surface area contributed by atoms with Crippen LogP contribution in [0.1, 0.15) is 16.7 Å². The van der Waals surface area contributed by atoms with Gasteiger partial charge in [-0.1, -0.05) is 91.0 Å². The summed E-state index contributed by atoms with van der Waals surface area (Å²) in [5, 5.41) is 20.2. The molecule has 1 aliphatic heterocycles. The first kappa shape index (κ1) is 24.5. The van der Waals surface area contributed by atoms with Crippen molar-refractivity contribution < 1.29 is 29.2 Å². The molecular weight excluding hydrogens is 432 g/mol. The lowest BCUT2D eigenvalue weighted by atomic mass is 9.94. The van der Waals surface area contributed by atoms with Gasteiger partial charge >= 0.3 is 0 Å². The molecule has 0 spiro atoms. The molecule has 6 nitrogen and oxygen atoms in total. The molecule has 1 fully saturated rings. The number of benzene rings is 3. The Hall–Kier alpha value is -2.58. The van der Waals surface area contributed by atoms with Crippen LogP contribution >= 0.6 is 0 Å². The third-order valence-corrected chi connectivity index (χ3v) is 5.95. The lowest BCUT2D eigenvalue weighted by Crippen LogP contribution is -2.61. The average Bonchev–Trinajstić information content (AvgIpc) is 2.91. The van der Waals surface area contributed by atoms with E-state index in [-0.39, 0.29) is 13.2 Å². The molecule has 3 aromatic carbocycles.